The Labute approximate surface area is 95.9 Å². The largest absolute Gasteiger partial charge is 0.416 e. The van der Waals surface area contributed by atoms with Crippen molar-refractivity contribution in [3.05, 3.63) is 35.1 Å². The summed E-state index contributed by atoms with van der Waals surface area (Å²) < 4.78 is 50.4. The Bertz CT molecular complexity index is 420. The second-order valence-electron chi connectivity index (χ2n) is 3.38. The molecule has 2 nitrogen and oxygen atoms in total. The zero-order valence-corrected chi connectivity index (χ0v) is 8.81. The van der Waals surface area contributed by atoms with Gasteiger partial charge in [-0.3, -0.25) is 0 Å². The summed E-state index contributed by atoms with van der Waals surface area (Å²) in [6.45, 7) is 0.252. The Hall–Kier alpha value is -1.61. The fourth-order valence-corrected chi connectivity index (χ4v) is 1.33. The first-order chi connectivity index (χ1) is 7.95. The van der Waals surface area contributed by atoms with E-state index in [-0.39, 0.29) is 18.5 Å². The predicted octanol–water partition coefficient (Wildman–Crippen LogP) is 2.85. The summed E-state index contributed by atoms with van der Waals surface area (Å²) in [7, 11) is 0. The Kier molecular flexibility index (Phi) is 4.46. The second-order valence-corrected chi connectivity index (χ2v) is 3.38. The van der Waals surface area contributed by atoms with Crippen molar-refractivity contribution in [1.29, 1.82) is 5.26 Å². The lowest BCUT2D eigenvalue weighted by Gasteiger charge is -2.13. The highest BCUT2D eigenvalue weighted by molar-refractivity contribution is 5.30. The Morgan fingerprint density at radius 3 is 2.59 bits per heavy atom. The lowest BCUT2D eigenvalue weighted by Crippen LogP contribution is -2.18. The van der Waals surface area contributed by atoms with Gasteiger partial charge in [0.2, 0.25) is 0 Å². The number of nitrogens with zero attached hydrogens (tertiary/aromatic N) is 1. The van der Waals surface area contributed by atoms with Crippen molar-refractivity contribution in [3.63, 3.8) is 0 Å². The van der Waals surface area contributed by atoms with Crippen LogP contribution in [0.25, 0.3) is 0 Å². The van der Waals surface area contributed by atoms with Gasteiger partial charge in [0.05, 0.1) is 11.6 Å². The molecule has 0 spiro atoms. The maximum absolute atomic E-state index is 12.8. The maximum Gasteiger partial charge on any atom is 0.416 e. The minimum Gasteiger partial charge on any atom is -0.312 e. The van der Waals surface area contributed by atoms with Crippen molar-refractivity contribution in [2.75, 3.05) is 6.54 Å². The molecule has 0 aliphatic rings. The topological polar surface area (TPSA) is 35.8 Å². The zero-order valence-electron chi connectivity index (χ0n) is 8.81. The van der Waals surface area contributed by atoms with Gasteiger partial charge in [-0.2, -0.15) is 18.4 Å². The minimum atomic E-state index is -4.58. The molecule has 1 rings (SSSR count). The van der Waals surface area contributed by atoms with Crippen LogP contribution in [0.5, 0.6) is 0 Å². The molecular formula is C11H10F4N2. The second kappa shape index (κ2) is 5.64. The van der Waals surface area contributed by atoms with Crippen molar-refractivity contribution in [2.45, 2.75) is 19.1 Å². The maximum atomic E-state index is 12.8. The fourth-order valence-electron chi connectivity index (χ4n) is 1.33. The third-order valence-corrected chi connectivity index (χ3v) is 2.11. The van der Waals surface area contributed by atoms with E-state index >= 15 is 0 Å². The summed E-state index contributed by atoms with van der Waals surface area (Å²) >= 11 is 0. The highest BCUT2D eigenvalue weighted by Gasteiger charge is 2.33. The number of benzene rings is 1. The van der Waals surface area contributed by atoms with Gasteiger partial charge in [-0.25, -0.2) is 4.39 Å². The lowest BCUT2D eigenvalue weighted by molar-refractivity contribution is -0.138. The molecule has 0 saturated carbocycles. The third-order valence-electron chi connectivity index (χ3n) is 2.11. The molecule has 1 N–H and O–H groups in total. The Balaban J connectivity index is 2.81. The third kappa shape index (κ3) is 4.04. The van der Waals surface area contributed by atoms with Crippen molar-refractivity contribution in [2.24, 2.45) is 0 Å². The van der Waals surface area contributed by atoms with E-state index in [0.717, 1.165) is 12.1 Å². The summed E-state index contributed by atoms with van der Waals surface area (Å²) in [5, 5.41) is 11.0. The molecule has 92 valence electrons. The van der Waals surface area contributed by atoms with Gasteiger partial charge in [0, 0.05) is 19.5 Å². The van der Waals surface area contributed by atoms with Gasteiger partial charge in [0.15, 0.2) is 0 Å². The van der Waals surface area contributed by atoms with Crippen LogP contribution in [0.15, 0.2) is 18.2 Å². The molecule has 1 aromatic carbocycles. The summed E-state index contributed by atoms with van der Waals surface area (Å²) in [6.07, 6.45) is -4.36. The fraction of sp³-hybridized carbons (Fsp3) is 0.364. The van der Waals surface area contributed by atoms with E-state index in [0.29, 0.717) is 12.6 Å². The van der Waals surface area contributed by atoms with Crippen LogP contribution in [0, 0.1) is 17.1 Å². The molecule has 0 radical (unpaired) electrons. The van der Waals surface area contributed by atoms with Gasteiger partial charge in [-0.1, -0.05) is 6.07 Å². The van der Waals surface area contributed by atoms with Gasteiger partial charge < -0.3 is 5.32 Å². The van der Waals surface area contributed by atoms with E-state index in [2.05, 4.69) is 5.32 Å². The molecule has 0 amide bonds. The van der Waals surface area contributed by atoms with Crippen LogP contribution in [0.2, 0.25) is 0 Å². The number of hydrogen-bond donors (Lipinski definition) is 1. The van der Waals surface area contributed by atoms with Crippen molar-refractivity contribution < 1.29 is 17.6 Å². The van der Waals surface area contributed by atoms with Crippen LogP contribution in [-0.4, -0.2) is 6.54 Å². The first-order valence-electron chi connectivity index (χ1n) is 4.88. The molecule has 0 saturated heterocycles. The quantitative estimate of drug-likeness (QED) is 0.655. The lowest BCUT2D eigenvalue weighted by atomic mass is 10.1. The number of alkyl halides is 3. The molecule has 0 bridgehead atoms. The zero-order chi connectivity index (χ0) is 12.9. The molecule has 17 heavy (non-hydrogen) atoms. The molecule has 0 atom stereocenters. The standard InChI is InChI=1S/C11H10F4N2/c12-9-3-2-8(7-17-5-1-4-16)10(6-9)11(13,14)15/h2-3,6,17H,1,5,7H2. The van der Waals surface area contributed by atoms with Crippen molar-refractivity contribution >= 4 is 0 Å². The number of halogens is 4. The normalized spacial score (nSPS) is 11.2. The Morgan fingerprint density at radius 2 is 2.00 bits per heavy atom. The van der Waals surface area contributed by atoms with E-state index in [1.54, 1.807) is 0 Å². The van der Waals surface area contributed by atoms with Crippen LogP contribution < -0.4 is 5.32 Å². The van der Waals surface area contributed by atoms with E-state index in [4.69, 9.17) is 5.26 Å². The molecule has 0 aliphatic heterocycles. The van der Waals surface area contributed by atoms with Gasteiger partial charge in [-0.15, -0.1) is 0 Å². The molecule has 6 heteroatoms. The highest BCUT2D eigenvalue weighted by Crippen LogP contribution is 2.32. The number of nitrogens with one attached hydrogen (secondary N) is 1. The van der Waals surface area contributed by atoms with Gasteiger partial charge in [0.25, 0.3) is 0 Å². The molecule has 0 unspecified atom stereocenters. The van der Waals surface area contributed by atoms with Gasteiger partial charge in [-0.05, 0) is 17.7 Å². The molecular weight excluding hydrogens is 236 g/mol. The van der Waals surface area contributed by atoms with Crippen LogP contribution in [-0.2, 0) is 12.7 Å². The summed E-state index contributed by atoms with van der Waals surface area (Å²) in [6, 6.07) is 4.41. The summed E-state index contributed by atoms with van der Waals surface area (Å²) in [5.74, 6) is -0.918. The van der Waals surface area contributed by atoms with Crippen LogP contribution in [0.3, 0.4) is 0 Å². The summed E-state index contributed by atoms with van der Waals surface area (Å²) in [4.78, 5) is 0. The average Bonchev–Trinajstić information content (AvgIpc) is 2.25. The van der Waals surface area contributed by atoms with Gasteiger partial charge in [0.1, 0.15) is 5.82 Å². The van der Waals surface area contributed by atoms with Crippen LogP contribution in [0.4, 0.5) is 17.6 Å². The highest BCUT2D eigenvalue weighted by atomic mass is 19.4. The molecule has 0 fully saturated rings. The molecule has 0 heterocycles. The van der Waals surface area contributed by atoms with Crippen molar-refractivity contribution in [3.8, 4) is 6.07 Å². The summed E-state index contributed by atoms with van der Waals surface area (Å²) in [5.41, 5.74) is -1.02. The molecule has 1 aromatic rings. The van der Waals surface area contributed by atoms with E-state index in [1.165, 1.54) is 0 Å². The number of nitriles is 1. The number of rotatable bonds is 4. The monoisotopic (exact) mass is 246 g/mol. The van der Waals surface area contributed by atoms with Crippen LogP contribution in [0.1, 0.15) is 17.5 Å². The van der Waals surface area contributed by atoms with E-state index < -0.39 is 17.6 Å². The average molecular weight is 246 g/mol. The van der Waals surface area contributed by atoms with Gasteiger partial charge >= 0.3 is 6.18 Å². The molecule has 0 aliphatic carbocycles. The molecule has 0 aromatic heterocycles. The Morgan fingerprint density at radius 1 is 1.29 bits per heavy atom. The van der Waals surface area contributed by atoms with E-state index in [9.17, 15) is 17.6 Å². The van der Waals surface area contributed by atoms with Crippen LogP contribution >= 0.6 is 0 Å². The van der Waals surface area contributed by atoms with E-state index in [1.807, 2.05) is 6.07 Å². The first-order valence-corrected chi connectivity index (χ1v) is 4.88. The van der Waals surface area contributed by atoms with Crippen molar-refractivity contribution in [1.82, 2.24) is 5.32 Å². The SMILES string of the molecule is N#CCCNCc1ccc(F)cc1C(F)(F)F. The minimum absolute atomic E-state index is 0.0307. The first kappa shape index (κ1) is 13.5. The predicted molar refractivity (Wildman–Crippen MR) is 53.3 cm³/mol. The number of hydrogen-bond acceptors (Lipinski definition) is 2. The smallest absolute Gasteiger partial charge is 0.312 e.